The molecule has 3 aromatic rings. The Bertz CT molecular complexity index is 1770. The van der Waals surface area contributed by atoms with Gasteiger partial charge in [-0.25, -0.2) is 4.79 Å². The molecular weight excluding hydrogens is 763 g/mol. The van der Waals surface area contributed by atoms with Crippen LogP contribution in [-0.2, 0) is 33.6 Å². The van der Waals surface area contributed by atoms with E-state index in [1.165, 1.54) is 6.07 Å². The number of nitrogens with one attached hydrogen (secondary N) is 3. The number of furan rings is 1. The molecule has 320 valence electrons. The standard InChI is InChI=1S/C43H63N4O10P/c1-8-13-17-22-36(37(11-4)47(31-48)57-42(51)46-43(6,7)33-20-18-16-19-21-33)40(49)44-30-45-41(50)39-24-23-38(56-39)32-27-34(53-12-5)29-35(28-32)58(52,54-25-14-9-2)55-26-15-10-3/h16,18-21,23-24,27-29,31,36-37H,8-15,17,22,25-26,30H2,1-7H3,(H,44,49)(H,45,50)(H,46,51)/t36-,37-/m1/s1. The van der Waals surface area contributed by atoms with Gasteiger partial charge >= 0.3 is 13.7 Å². The van der Waals surface area contributed by atoms with Gasteiger partial charge in [0.1, 0.15) is 11.5 Å². The van der Waals surface area contributed by atoms with Crippen molar-refractivity contribution in [3.63, 3.8) is 0 Å². The molecule has 1 heterocycles. The first kappa shape index (κ1) is 47.7. The Morgan fingerprint density at radius 2 is 1.53 bits per heavy atom. The largest absolute Gasteiger partial charge is 0.494 e. The minimum atomic E-state index is -3.72. The van der Waals surface area contributed by atoms with Crippen molar-refractivity contribution >= 4 is 37.2 Å². The number of nitrogens with zero attached hydrogens (tertiary/aromatic N) is 1. The van der Waals surface area contributed by atoms with Crippen LogP contribution in [0, 0.1) is 5.92 Å². The smallest absolute Gasteiger partial charge is 0.432 e. The lowest BCUT2D eigenvalue weighted by atomic mass is 9.90. The molecule has 0 saturated heterocycles. The van der Waals surface area contributed by atoms with Crippen LogP contribution >= 0.6 is 7.60 Å². The molecule has 4 amide bonds. The molecule has 0 spiro atoms. The van der Waals surface area contributed by atoms with E-state index < -0.39 is 43.0 Å². The van der Waals surface area contributed by atoms with Crippen LogP contribution in [0.2, 0.25) is 0 Å². The highest BCUT2D eigenvalue weighted by Crippen LogP contribution is 2.49. The Balaban J connectivity index is 1.73. The van der Waals surface area contributed by atoms with E-state index in [-0.39, 0.29) is 25.6 Å². The third-order valence-electron chi connectivity index (χ3n) is 9.53. The number of carbonyl (C=O) groups is 4. The fourth-order valence-corrected chi connectivity index (χ4v) is 7.94. The SMILES string of the molecule is CCCCC[C@@H](C(=O)NCNC(=O)c1ccc(-c2cc(OCC)cc(P(=O)(OCCCC)OCCCC)c2)o1)[C@@H](CC)N(C=O)OC(=O)NC(C)(C)c1ccccc1. The fraction of sp³-hybridized carbons (Fsp3) is 0.535. The zero-order valence-electron chi connectivity index (χ0n) is 35.2. The Labute approximate surface area is 343 Å². The Morgan fingerprint density at radius 1 is 0.862 bits per heavy atom. The van der Waals surface area contributed by atoms with Crippen molar-refractivity contribution in [2.75, 3.05) is 26.5 Å². The molecule has 0 unspecified atom stereocenters. The van der Waals surface area contributed by atoms with E-state index in [1.807, 2.05) is 71.9 Å². The van der Waals surface area contributed by atoms with Crippen LogP contribution in [0.15, 0.2) is 65.1 Å². The average Bonchev–Trinajstić information content (AvgIpc) is 3.71. The summed E-state index contributed by atoms with van der Waals surface area (Å²) in [6, 6.07) is 16.7. The highest BCUT2D eigenvalue weighted by Gasteiger charge is 2.35. The highest BCUT2D eigenvalue weighted by molar-refractivity contribution is 7.62. The molecule has 0 radical (unpaired) electrons. The van der Waals surface area contributed by atoms with Gasteiger partial charge in [-0.1, -0.05) is 90.1 Å². The van der Waals surface area contributed by atoms with Gasteiger partial charge in [0, 0.05) is 5.56 Å². The van der Waals surface area contributed by atoms with E-state index in [0.29, 0.717) is 67.5 Å². The Hall–Kier alpha value is -4.65. The first-order valence-electron chi connectivity index (χ1n) is 20.5. The topological polar surface area (TPSA) is 175 Å². The number of rotatable bonds is 27. The highest BCUT2D eigenvalue weighted by atomic mass is 31.2. The fourth-order valence-electron chi connectivity index (χ4n) is 6.25. The van der Waals surface area contributed by atoms with Crippen molar-refractivity contribution in [3.05, 3.63) is 72.0 Å². The first-order chi connectivity index (χ1) is 27.9. The molecule has 0 aliphatic carbocycles. The van der Waals surface area contributed by atoms with Crippen LogP contribution < -0.4 is 26.0 Å². The minimum absolute atomic E-state index is 0.0231. The molecule has 3 N–H and O–H groups in total. The molecule has 15 heteroatoms. The second-order valence-electron chi connectivity index (χ2n) is 14.4. The molecule has 14 nitrogen and oxygen atoms in total. The van der Waals surface area contributed by atoms with Crippen LogP contribution in [0.1, 0.15) is 122 Å². The van der Waals surface area contributed by atoms with Crippen molar-refractivity contribution in [2.45, 2.75) is 118 Å². The third kappa shape index (κ3) is 14.3. The number of hydrogen-bond donors (Lipinski definition) is 3. The summed E-state index contributed by atoms with van der Waals surface area (Å²) in [5.74, 6) is -1.02. The minimum Gasteiger partial charge on any atom is -0.494 e. The molecule has 0 aliphatic rings. The molecular formula is C43H63N4O10P. The number of carbonyl (C=O) groups excluding carboxylic acids is 4. The number of hydrogen-bond acceptors (Lipinski definition) is 10. The van der Waals surface area contributed by atoms with Gasteiger partial charge in [-0.2, -0.15) is 5.06 Å². The second kappa shape index (κ2) is 24.3. The van der Waals surface area contributed by atoms with Gasteiger partial charge in [-0.05, 0) is 82.3 Å². The quantitative estimate of drug-likeness (QED) is 0.0222. The van der Waals surface area contributed by atoms with E-state index in [0.717, 1.165) is 36.3 Å². The van der Waals surface area contributed by atoms with Crippen LogP contribution in [0.5, 0.6) is 5.75 Å². The van der Waals surface area contributed by atoms with Gasteiger partial charge in [0.15, 0.2) is 5.76 Å². The van der Waals surface area contributed by atoms with E-state index in [1.54, 1.807) is 31.2 Å². The lowest BCUT2D eigenvalue weighted by Gasteiger charge is -2.33. The summed E-state index contributed by atoms with van der Waals surface area (Å²) in [5.41, 5.74) is 0.548. The molecule has 0 bridgehead atoms. The molecule has 3 rings (SSSR count). The summed E-state index contributed by atoms with van der Waals surface area (Å²) in [5, 5.41) is 9.43. The van der Waals surface area contributed by atoms with Crippen molar-refractivity contribution in [1.82, 2.24) is 21.0 Å². The van der Waals surface area contributed by atoms with Crippen LogP contribution in [-0.4, -0.2) is 61.9 Å². The number of ether oxygens (including phenoxy) is 1. The molecule has 1 aromatic heterocycles. The maximum atomic E-state index is 14.1. The van der Waals surface area contributed by atoms with Gasteiger partial charge in [0.05, 0.1) is 49.3 Å². The molecule has 0 saturated carbocycles. The zero-order chi connectivity index (χ0) is 42.6. The second-order valence-corrected chi connectivity index (χ2v) is 16.5. The van der Waals surface area contributed by atoms with Crippen molar-refractivity contribution < 1.29 is 46.8 Å². The lowest BCUT2D eigenvalue weighted by Crippen LogP contribution is -2.51. The summed E-state index contributed by atoms with van der Waals surface area (Å²) in [6.07, 6.45) is 5.92. The predicted octanol–water partition coefficient (Wildman–Crippen LogP) is 8.61. The zero-order valence-corrected chi connectivity index (χ0v) is 36.1. The van der Waals surface area contributed by atoms with E-state index in [2.05, 4.69) is 16.0 Å². The number of amides is 4. The first-order valence-corrected chi connectivity index (χ1v) is 22.0. The molecule has 2 atom stereocenters. The number of unbranched alkanes of at least 4 members (excludes halogenated alkanes) is 4. The third-order valence-corrected chi connectivity index (χ3v) is 11.5. The van der Waals surface area contributed by atoms with Crippen LogP contribution in [0.4, 0.5) is 4.79 Å². The van der Waals surface area contributed by atoms with E-state index >= 15 is 0 Å². The van der Waals surface area contributed by atoms with Crippen LogP contribution in [0.3, 0.4) is 0 Å². The van der Waals surface area contributed by atoms with E-state index in [4.69, 9.17) is 23.0 Å². The van der Waals surface area contributed by atoms with Crippen molar-refractivity contribution in [1.29, 1.82) is 0 Å². The predicted molar refractivity (Wildman–Crippen MR) is 223 cm³/mol. The molecule has 0 aliphatic heterocycles. The average molecular weight is 827 g/mol. The summed E-state index contributed by atoms with van der Waals surface area (Å²) < 4.78 is 37.6. The number of hydroxylamine groups is 2. The molecule has 0 fully saturated rings. The number of benzene rings is 2. The summed E-state index contributed by atoms with van der Waals surface area (Å²) >= 11 is 0. The normalized spacial score (nSPS) is 12.6. The molecule has 58 heavy (non-hydrogen) atoms. The monoisotopic (exact) mass is 826 g/mol. The van der Waals surface area contributed by atoms with Gasteiger partial charge in [0.2, 0.25) is 12.3 Å². The Kier molecular flexibility index (Phi) is 20.0. The van der Waals surface area contributed by atoms with Crippen LogP contribution in [0.25, 0.3) is 11.3 Å². The Morgan fingerprint density at radius 3 is 2.14 bits per heavy atom. The van der Waals surface area contributed by atoms with Gasteiger partial charge in [0.25, 0.3) is 5.91 Å². The summed E-state index contributed by atoms with van der Waals surface area (Å²) in [6.45, 7) is 14.0. The maximum Gasteiger partial charge on any atom is 0.432 e. The van der Waals surface area contributed by atoms with E-state index in [9.17, 15) is 23.7 Å². The summed E-state index contributed by atoms with van der Waals surface area (Å²) in [4.78, 5) is 57.8. The van der Waals surface area contributed by atoms with Crippen molar-refractivity contribution in [3.8, 4) is 17.1 Å². The van der Waals surface area contributed by atoms with Gasteiger partial charge in [-0.3, -0.25) is 18.9 Å². The molecule has 2 aromatic carbocycles. The van der Waals surface area contributed by atoms with Gasteiger partial charge < -0.3 is 39.0 Å². The summed E-state index contributed by atoms with van der Waals surface area (Å²) in [7, 11) is -3.72. The lowest BCUT2D eigenvalue weighted by molar-refractivity contribution is -0.169. The van der Waals surface area contributed by atoms with Crippen molar-refractivity contribution in [2.24, 2.45) is 5.92 Å². The maximum absolute atomic E-state index is 14.1. The van der Waals surface area contributed by atoms with Gasteiger partial charge in [-0.15, -0.1) is 0 Å².